The van der Waals surface area contributed by atoms with Crippen molar-refractivity contribution in [3.63, 3.8) is 0 Å². The van der Waals surface area contributed by atoms with Gasteiger partial charge in [0.1, 0.15) is 17.5 Å². The summed E-state index contributed by atoms with van der Waals surface area (Å²) in [5, 5.41) is 1.03. The van der Waals surface area contributed by atoms with Crippen LogP contribution in [0.4, 0.5) is 17.3 Å². The fourth-order valence-electron chi connectivity index (χ4n) is 3.99. The highest BCUT2D eigenvalue weighted by atomic mass is 16.5. The van der Waals surface area contributed by atoms with Crippen LogP contribution >= 0.6 is 0 Å². The maximum atomic E-state index is 11.8. The molecular formula is C23H27N5O2. The minimum Gasteiger partial charge on any atom is -0.487 e. The Morgan fingerprint density at radius 3 is 2.93 bits per heavy atom. The van der Waals surface area contributed by atoms with Crippen molar-refractivity contribution in [3.8, 4) is 5.75 Å². The first kappa shape index (κ1) is 19.9. The molecule has 3 aromatic rings. The zero-order valence-corrected chi connectivity index (χ0v) is 17.6. The quantitative estimate of drug-likeness (QED) is 0.497. The molecule has 1 aliphatic rings. The van der Waals surface area contributed by atoms with E-state index >= 15 is 0 Å². The predicted molar refractivity (Wildman–Crippen MR) is 121 cm³/mol. The fourth-order valence-corrected chi connectivity index (χ4v) is 3.99. The van der Waals surface area contributed by atoms with Crippen LogP contribution in [0.25, 0.3) is 10.9 Å². The lowest BCUT2D eigenvalue weighted by atomic mass is 10.0. The number of nitrogens with one attached hydrogen (secondary N) is 1. The highest BCUT2D eigenvalue weighted by Crippen LogP contribution is 2.34. The largest absolute Gasteiger partial charge is 0.487 e. The molecule has 2 aromatic heterocycles. The molecule has 0 radical (unpaired) electrons. The maximum Gasteiger partial charge on any atom is 0.171 e. The Morgan fingerprint density at radius 2 is 2.17 bits per heavy atom. The van der Waals surface area contributed by atoms with Crippen LogP contribution in [0.2, 0.25) is 0 Å². The number of H-pyrrole nitrogens is 1. The van der Waals surface area contributed by atoms with E-state index in [1.54, 1.807) is 6.20 Å². The summed E-state index contributed by atoms with van der Waals surface area (Å²) >= 11 is 0. The summed E-state index contributed by atoms with van der Waals surface area (Å²) in [4.78, 5) is 23.9. The third kappa shape index (κ3) is 3.84. The molecule has 1 fully saturated rings. The van der Waals surface area contributed by atoms with Gasteiger partial charge in [-0.2, -0.15) is 0 Å². The summed E-state index contributed by atoms with van der Waals surface area (Å²) < 4.78 is 5.93. The first-order valence-electron chi connectivity index (χ1n) is 10.2. The number of hydrogen-bond acceptors (Lipinski definition) is 6. The molecular weight excluding hydrogens is 378 g/mol. The summed E-state index contributed by atoms with van der Waals surface area (Å²) in [6, 6.07) is 11.7. The first-order valence-corrected chi connectivity index (χ1v) is 10.2. The number of aromatic amines is 1. The van der Waals surface area contributed by atoms with E-state index in [0.29, 0.717) is 24.4 Å². The fraction of sp³-hybridized carbons (Fsp3) is 0.348. The number of benzene rings is 1. The van der Waals surface area contributed by atoms with Crippen molar-refractivity contribution in [2.45, 2.75) is 38.8 Å². The molecule has 0 saturated carbocycles. The van der Waals surface area contributed by atoms with Crippen LogP contribution in [-0.4, -0.2) is 41.6 Å². The Bertz CT molecular complexity index is 1100. The molecule has 0 aliphatic carbocycles. The van der Waals surface area contributed by atoms with Gasteiger partial charge in [-0.3, -0.25) is 0 Å². The molecule has 1 unspecified atom stereocenters. The number of carbonyl (C=O) groups excluding carboxylic acids is 1. The average molecular weight is 406 g/mol. The molecule has 0 bridgehead atoms. The van der Waals surface area contributed by atoms with Crippen LogP contribution in [0.1, 0.15) is 26.7 Å². The topological polar surface area (TPSA) is 87.5 Å². The summed E-state index contributed by atoms with van der Waals surface area (Å²) in [6.07, 6.45) is 3.28. The Balaban J connectivity index is 1.56. The number of rotatable bonds is 5. The first-order chi connectivity index (χ1) is 14.5. The molecule has 1 aliphatic heterocycles. The van der Waals surface area contributed by atoms with Gasteiger partial charge in [-0.15, -0.1) is 0 Å². The van der Waals surface area contributed by atoms with E-state index in [1.807, 2.05) is 62.2 Å². The molecule has 1 aromatic carbocycles. The molecule has 7 heteroatoms. The van der Waals surface area contributed by atoms with Gasteiger partial charge in [-0.25, -0.2) is 9.78 Å². The van der Waals surface area contributed by atoms with Crippen molar-refractivity contribution < 1.29 is 9.53 Å². The van der Waals surface area contributed by atoms with Crippen molar-refractivity contribution >= 4 is 34.2 Å². The number of pyridine rings is 1. The highest BCUT2D eigenvalue weighted by Gasteiger charge is 2.30. The molecule has 1 saturated heterocycles. The summed E-state index contributed by atoms with van der Waals surface area (Å²) in [6.45, 7) is 4.70. The minimum absolute atomic E-state index is 0.0599. The summed E-state index contributed by atoms with van der Waals surface area (Å²) in [5.41, 5.74) is 8.23. The lowest BCUT2D eigenvalue weighted by Gasteiger charge is -2.38. The molecule has 156 valence electrons. The SMILES string of the molecule is CC(C)Oc1cccnc1N(C)C1CCN(c2cc3cc(N)ccc3[nH]2)C(=C=O)C1. The molecule has 30 heavy (non-hydrogen) atoms. The van der Waals surface area contributed by atoms with Gasteiger partial charge in [0.15, 0.2) is 11.6 Å². The normalized spacial score (nSPS) is 16.7. The number of piperidine rings is 1. The van der Waals surface area contributed by atoms with E-state index in [-0.39, 0.29) is 12.1 Å². The minimum atomic E-state index is 0.0599. The van der Waals surface area contributed by atoms with Gasteiger partial charge in [-0.1, -0.05) is 0 Å². The van der Waals surface area contributed by atoms with Crippen LogP contribution in [0.3, 0.4) is 0 Å². The molecule has 3 heterocycles. The van der Waals surface area contributed by atoms with E-state index in [2.05, 4.69) is 20.8 Å². The Hall–Kier alpha value is -3.44. The number of hydrogen-bond donors (Lipinski definition) is 2. The molecule has 4 rings (SSSR count). The number of ether oxygens (including phenoxy) is 1. The molecule has 7 nitrogen and oxygen atoms in total. The van der Waals surface area contributed by atoms with Gasteiger partial charge in [0.05, 0.1) is 6.10 Å². The average Bonchev–Trinajstić information content (AvgIpc) is 3.15. The van der Waals surface area contributed by atoms with E-state index < -0.39 is 0 Å². The number of nitrogens with zero attached hydrogens (tertiary/aromatic N) is 3. The molecule has 0 spiro atoms. The number of fused-ring (bicyclic) bond motifs is 1. The van der Waals surface area contributed by atoms with Crippen LogP contribution in [0.15, 0.2) is 48.3 Å². The van der Waals surface area contributed by atoms with Crippen LogP contribution in [0, 0.1) is 0 Å². The Morgan fingerprint density at radius 1 is 1.33 bits per heavy atom. The molecule has 0 amide bonds. The van der Waals surface area contributed by atoms with Crippen molar-refractivity contribution in [3.05, 3.63) is 48.3 Å². The number of nitrogens with two attached hydrogens (primary N) is 1. The number of nitrogen functional groups attached to an aromatic ring is 1. The third-order valence-electron chi connectivity index (χ3n) is 5.48. The van der Waals surface area contributed by atoms with Crippen LogP contribution in [-0.2, 0) is 4.79 Å². The van der Waals surface area contributed by atoms with E-state index in [1.165, 1.54) is 0 Å². The van der Waals surface area contributed by atoms with Crippen molar-refractivity contribution in [2.75, 3.05) is 29.1 Å². The second kappa shape index (κ2) is 8.13. The lowest BCUT2D eigenvalue weighted by molar-refractivity contribution is 0.241. The third-order valence-corrected chi connectivity index (χ3v) is 5.48. The standard InChI is InChI=1S/C23H27N5O2/c1-15(2)30-21-5-4-9-25-23(21)27(3)18-8-10-28(19(13-18)14-29)22-12-16-11-17(24)6-7-20(16)26-22/h4-7,9,11-12,15,18,26H,8,10,13,24H2,1-3H3. The predicted octanol–water partition coefficient (Wildman–Crippen LogP) is 3.75. The van der Waals surface area contributed by atoms with E-state index in [9.17, 15) is 4.79 Å². The van der Waals surface area contributed by atoms with Crippen molar-refractivity contribution in [2.24, 2.45) is 0 Å². The summed E-state index contributed by atoms with van der Waals surface area (Å²) in [7, 11) is 2.00. The lowest BCUT2D eigenvalue weighted by Crippen LogP contribution is -2.43. The van der Waals surface area contributed by atoms with Crippen molar-refractivity contribution in [1.82, 2.24) is 9.97 Å². The van der Waals surface area contributed by atoms with Gasteiger partial charge in [-0.05, 0) is 56.7 Å². The van der Waals surface area contributed by atoms with E-state index in [4.69, 9.17) is 10.5 Å². The number of anilines is 3. The highest BCUT2D eigenvalue weighted by molar-refractivity contribution is 5.87. The van der Waals surface area contributed by atoms with Gasteiger partial charge < -0.3 is 25.3 Å². The molecule has 3 N–H and O–H groups in total. The second-order valence-electron chi connectivity index (χ2n) is 7.95. The summed E-state index contributed by atoms with van der Waals surface area (Å²) in [5.74, 6) is 4.59. The monoisotopic (exact) mass is 405 g/mol. The van der Waals surface area contributed by atoms with Gasteiger partial charge >= 0.3 is 0 Å². The van der Waals surface area contributed by atoms with Gasteiger partial charge in [0, 0.05) is 48.8 Å². The van der Waals surface area contributed by atoms with Gasteiger partial charge in [0.2, 0.25) is 0 Å². The zero-order chi connectivity index (χ0) is 21.3. The van der Waals surface area contributed by atoms with Crippen LogP contribution < -0.4 is 20.3 Å². The van der Waals surface area contributed by atoms with E-state index in [0.717, 1.165) is 34.7 Å². The maximum absolute atomic E-state index is 11.8. The second-order valence-corrected chi connectivity index (χ2v) is 7.95. The zero-order valence-electron chi connectivity index (χ0n) is 17.6. The van der Waals surface area contributed by atoms with Gasteiger partial charge in [0.25, 0.3) is 0 Å². The van der Waals surface area contributed by atoms with Crippen LogP contribution in [0.5, 0.6) is 5.75 Å². The Kier molecular flexibility index (Phi) is 5.38. The Labute approximate surface area is 176 Å². The number of aromatic nitrogens is 2. The smallest absolute Gasteiger partial charge is 0.171 e. The van der Waals surface area contributed by atoms with Crippen molar-refractivity contribution in [1.29, 1.82) is 0 Å². The molecule has 1 atom stereocenters.